The summed E-state index contributed by atoms with van der Waals surface area (Å²) in [5.41, 5.74) is 1.78. The van der Waals surface area contributed by atoms with Crippen LogP contribution in [-0.2, 0) is 4.79 Å². The average Bonchev–Trinajstić information content (AvgIpc) is 3.41. The lowest BCUT2D eigenvalue weighted by Gasteiger charge is -2.21. The van der Waals surface area contributed by atoms with Crippen LogP contribution < -0.4 is 4.74 Å². The zero-order valence-electron chi connectivity index (χ0n) is 14.7. The number of nitrogens with zero attached hydrogens (tertiary/aromatic N) is 3. The van der Waals surface area contributed by atoms with Crippen molar-refractivity contribution in [3.05, 3.63) is 36.0 Å². The number of carbonyl (C=O) groups is 3. The Hall–Kier alpha value is -2.81. The summed E-state index contributed by atoms with van der Waals surface area (Å²) in [5, 5.41) is 6.80. The molecule has 8 nitrogen and oxygen atoms in total. The van der Waals surface area contributed by atoms with Crippen molar-refractivity contribution in [3.63, 3.8) is 0 Å². The van der Waals surface area contributed by atoms with Gasteiger partial charge in [0.1, 0.15) is 11.4 Å². The molecular formula is C18H18N4O4S. The standard InChI is InChI=1S/C18H18N4O4S/c1-26-15-5-3-2-4-12(15)13-8-14(20-19-13)17(24)21-7-6-11(9-21)22-16(23)10-27-18(22)25/h2-5,8,11H,6-7,9-10H2,1H3,(H,19,20). The fourth-order valence-electron chi connectivity index (χ4n) is 3.45. The number of ether oxygens (including phenoxy) is 1. The molecule has 1 unspecified atom stereocenters. The van der Waals surface area contributed by atoms with Gasteiger partial charge >= 0.3 is 0 Å². The van der Waals surface area contributed by atoms with Crippen LogP contribution in [0.3, 0.4) is 0 Å². The van der Waals surface area contributed by atoms with Gasteiger partial charge in [0.25, 0.3) is 11.1 Å². The van der Waals surface area contributed by atoms with Crippen molar-refractivity contribution < 1.29 is 19.1 Å². The van der Waals surface area contributed by atoms with Crippen molar-refractivity contribution in [1.29, 1.82) is 0 Å². The first-order chi connectivity index (χ1) is 13.1. The number of hydrogen-bond acceptors (Lipinski definition) is 6. The topological polar surface area (TPSA) is 95.6 Å². The van der Waals surface area contributed by atoms with Crippen molar-refractivity contribution in [2.45, 2.75) is 12.5 Å². The van der Waals surface area contributed by atoms with Crippen molar-refractivity contribution in [3.8, 4) is 17.0 Å². The summed E-state index contributed by atoms with van der Waals surface area (Å²) in [5.74, 6) is 0.488. The lowest BCUT2D eigenvalue weighted by atomic mass is 10.1. The Balaban J connectivity index is 1.49. The van der Waals surface area contributed by atoms with Crippen LogP contribution in [0.15, 0.2) is 30.3 Å². The highest BCUT2D eigenvalue weighted by Crippen LogP contribution is 2.30. The van der Waals surface area contributed by atoms with E-state index in [-0.39, 0.29) is 28.8 Å². The average molecular weight is 386 g/mol. The normalized spacial score (nSPS) is 19.8. The van der Waals surface area contributed by atoms with Gasteiger partial charge in [0.15, 0.2) is 0 Å². The maximum atomic E-state index is 12.8. The number of para-hydroxylation sites is 1. The largest absolute Gasteiger partial charge is 0.496 e. The quantitative estimate of drug-likeness (QED) is 0.863. The number of hydrogen-bond donors (Lipinski definition) is 1. The molecule has 3 heterocycles. The summed E-state index contributed by atoms with van der Waals surface area (Å²) in [7, 11) is 1.58. The molecule has 1 aromatic carbocycles. The predicted octanol–water partition coefficient (Wildman–Crippen LogP) is 2.00. The van der Waals surface area contributed by atoms with Crippen LogP contribution in [0, 0.1) is 0 Å². The third kappa shape index (κ3) is 3.18. The molecule has 2 saturated heterocycles. The highest BCUT2D eigenvalue weighted by atomic mass is 32.2. The number of amides is 3. The molecule has 1 N–H and O–H groups in total. The highest BCUT2D eigenvalue weighted by molar-refractivity contribution is 8.14. The Morgan fingerprint density at radius 1 is 1.33 bits per heavy atom. The molecular weight excluding hydrogens is 368 g/mol. The second-order valence-electron chi connectivity index (χ2n) is 6.38. The summed E-state index contributed by atoms with van der Waals surface area (Å²) >= 11 is 1.02. The molecule has 1 aromatic heterocycles. The van der Waals surface area contributed by atoms with Gasteiger partial charge < -0.3 is 9.64 Å². The van der Waals surface area contributed by atoms with Gasteiger partial charge in [-0.3, -0.25) is 24.4 Å². The predicted molar refractivity (Wildman–Crippen MR) is 99.6 cm³/mol. The van der Waals surface area contributed by atoms with Crippen LogP contribution in [0.4, 0.5) is 4.79 Å². The monoisotopic (exact) mass is 386 g/mol. The number of nitrogens with one attached hydrogen (secondary N) is 1. The lowest BCUT2D eigenvalue weighted by molar-refractivity contribution is -0.126. The first-order valence-corrected chi connectivity index (χ1v) is 9.54. The number of thioether (sulfide) groups is 1. The number of carbonyl (C=O) groups excluding carboxylic acids is 3. The Bertz CT molecular complexity index is 896. The highest BCUT2D eigenvalue weighted by Gasteiger charge is 2.40. The van der Waals surface area contributed by atoms with E-state index < -0.39 is 0 Å². The number of likely N-dealkylation sites (tertiary alicyclic amines) is 1. The van der Waals surface area contributed by atoms with E-state index in [2.05, 4.69) is 10.2 Å². The van der Waals surface area contributed by atoms with Gasteiger partial charge in [-0.25, -0.2) is 0 Å². The zero-order chi connectivity index (χ0) is 19.0. The first-order valence-electron chi connectivity index (χ1n) is 8.55. The summed E-state index contributed by atoms with van der Waals surface area (Å²) in [4.78, 5) is 39.5. The second-order valence-corrected chi connectivity index (χ2v) is 7.31. The Morgan fingerprint density at radius 3 is 2.89 bits per heavy atom. The van der Waals surface area contributed by atoms with Gasteiger partial charge in [-0.1, -0.05) is 23.9 Å². The molecule has 3 amide bonds. The van der Waals surface area contributed by atoms with Crippen LogP contribution in [0.25, 0.3) is 11.3 Å². The summed E-state index contributed by atoms with van der Waals surface area (Å²) < 4.78 is 5.34. The van der Waals surface area contributed by atoms with Gasteiger partial charge in [-0.05, 0) is 24.6 Å². The van der Waals surface area contributed by atoms with Gasteiger partial charge in [-0.15, -0.1) is 0 Å². The zero-order valence-corrected chi connectivity index (χ0v) is 15.5. The van der Waals surface area contributed by atoms with E-state index in [1.165, 1.54) is 4.90 Å². The smallest absolute Gasteiger partial charge is 0.289 e. The fourth-order valence-corrected chi connectivity index (χ4v) is 4.23. The van der Waals surface area contributed by atoms with Crippen LogP contribution in [0.1, 0.15) is 16.9 Å². The van der Waals surface area contributed by atoms with Gasteiger partial charge in [0.05, 0.1) is 24.6 Å². The minimum absolute atomic E-state index is 0.177. The van der Waals surface area contributed by atoms with Crippen LogP contribution >= 0.6 is 11.8 Å². The molecule has 27 heavy (non-hydrogen) atoms. The van der Waals surface area contributed by atoms with E-state index >= 15 is 0 Å². The van der Waals surface area contributed by atoms with E-state index in [0.717, 1.165) is 17.3 Å². The van der Waals surface area contributed by atoms with E-state index in [9.17, 15) is 14.4 Å². The number of aromatic amines is 1. The molecule has 0 bridgehead atoms. The molecule has 140 valence electrons. The number of rotatable bonds is 4. The number of aromatic nitrogens is 2. The molecule has 2 aromatic rings. The van der Waals surface area contributed by atoms with Crippen molar-refractivity contribution in [2.24, 2.45) is 0 Å². The minimum Gasteiger partial charge on any atom is -0.496 e. The number of benzene rings is 1. The molecule has 9 heteroatoms. The molecule has 0 aliphatic carbocycles. The number of imide groups is 1. The molecule has 1 atom stereocenters. The minimum atomic E-state index is -0.249. The summed E-state index contributed by atoms with van der Waals surface area (Å²) in [6, 6.07) is 8.89. The van der Waals surface area contributed by atoms with E-state index in [0.29, 0.717) is 36.6 Å². The second kappa shape index (κ2) is 7.07. The van der Waals surface area contributed by atoms with Gasteiger partial charge in [-0.2, -0.15) is 5.10 Å². The summed E-state index contributed by atoms with van der Waals surface area (Å²) in [6.07, 6.45) is 0.595. The third-order valence-electron chi connectivity index (χ3n) is 4.79. The van der Waals surface area contributed by atoms with Gasteiger partial charge in [0.2, 0.25) is 5.91 Å². The molecule has 0 spiro atoms. The number of H-pyrrole nitrogens is 1. The van der Waals surface area contributed by atoms with E-state index in [1.807, 2.05) is 24.3 Å². The van der Waals surface area contributed by atoms with Crippen LogP contribution in [-0.4, -0.2) is 69.0 Å². The third-order valence-corrected chi connectivity index (χ3v) is 5.63. The molecule has 4 rings (SSSR count). The first kappa shape index (κ1) is 17.6. The van der Waals surface area contributed by atoms with Crippen molar-refractivity contribution >= 4 is 28.8 Å². The van der Waals surface area contributed by atoms with E-state index in [4.69, 9.17) is 4.74 Å². The van der Waals surface area contributed by atoms with Crippen LogP contribution in [0.5, 0.6) is 5.75 Å². The Morgan fingerprint density at radius 2 is 2.15 bits per heavy atom. The Kier molecular flexibility index (Phi) is 4.61. The Labute approximate surface area is 159 Å². The van der Waals surface area contributed by atoms with Crippen molar-refractivity contribution in [2.75, 3.05) is 26.0 Å². The lowest BCUT2D eigenvalue weighted by Crippen LogP contribution is -2.41. The molecule has 2 aliphatic rings. The van der Waals surface area contributed by atoms with Crippen molar-refractivity contribution in [1.82, 2.24) is 20.0 Å². The summed E-state index contributed by atoms with van der Waals surface area (Å²) in [6.45, 7) is 0.841. The maximum absolute atomic E-state index is 12.8. The number of methoxy groups -OCH3 is 1. The SMILES string of the molecule is COc1ccccc1-c1cc(C(=O)N2CCC(N3C(=O)CSC3=O)C2)[nH]n1. The molecule has 0 saturated carbocycles. The molecule has 0 radical (unpaired) electrons. The fraction of sp³-hybridized carbons (Fsp3) is 0.333. The molecule has 2 fully saturated rings. The van der Waals surface area contributed by atoms with Gasteiger partial charge in [0, 0.05) is 18.7 Å². The van der Waals surface area contributed by atoms with Crippen LogP contribution in [0.2, 0.25) is 0 Å². The molecule has 2 aliphatic heterocycles. The van der Waals surface area contributed by atoms with E-state index in [1.54, 1.807) is 18.1 Å². The maximum Gasteiger partial charge on any atom is 0.289 e.